The molecular formula is C32H55NO9. The number of benzene rings is 1. The van der Waals surface area contributed by atoms with Gasteiger partial charge in [-0.3, -0.25) is 14.9 Å². The highest BCUT2D eigenvalue weighted by Gasteiger charge is 2.05. The monoisotopic (exact) mass is 597 g/mol. The first kappa shape index (κ1) is 37.8. The SMILES string of the molecule is CCCCCCCCCCCCCCCC(=O)OCCOCCOCCOCCOCCOc1ccc([N+](=O)[O-])cc1. The van der Waals surface area contributed by atoms with E-state index in [-0.39, 0.29) is 18.3 Å². The first-order valence-corrected chi connectivity index (χ1v) is 16.0. The lowest BCUT2D eigenvalue weighted by molar-refractivity contribution is -0.384. The zero-order chi connectivity index (χ0) is 30.4. The van der Waals surface area contributed by atoms with E-state index in [1.54, 1.807) is 12.1 Å². The fraction of sp³-hybridized carbons (Fsp3) is 0.781. The van der Waals surface area contributed by atoms with Gasteiger partial charge in [0.1, 0.15) is 19.0 Å². The molecule has 0 unspecified atom stereocenters. The Bertz CT molecular complexity index is 761. The molecule has 0 atom stereocenters. The van der Waals surface area contributed by atoms with E-state index in [9.17, 15) is 14.9 Å². The topological polar surface area (TPSA) is 116 Å². The van der Waals surface area contributed by atoms with E-state index in [0.29, 0.717) is 71.6 Å². The molecule has 1 aromatic carbocycles. The number of rotatable bonds is 31. The van der Waals surface area contributed by atoms with Crippen molar-refractivity contribution in [3.63, 3.8) is 0 Å². The van der Waals surface area contributed by atoms with Crippen LogP contribution < -0.4 is 4.74 Å². The Morgan fingerprint density at radius 3 is 1.45 bits per heavy atom. The van der Waals surface area contributed by atoms with Gasteiger partial charge in [0.25, 0.3) is 5.69 Å². The number of carbonyl (C=O) groups is 1. The van der Waals surface area contributed by atoms with Gasteiger partial charge in [0, 0.05) is 18.6 Å². The van der Waals surface area contributed by atoms with Crippen LogP contribution in [-0.4, -0.2) is 77.0 Å². The maximum Gasteiger partial charge on any atom is 0.305 e. The van der Waals surface area contributed by atoms with Gasteiger partial charge in [-0.05, 0) is 18.6 Å². The van der Waals surface area contributed by atoms with Crippen molar-refractivity contribution >= 4 is 11.7 Å². The number of nitrogens with zero attached hydrogens (tertiary/aromatic N) is 1. The van der Waals surface area contributed by atoms with E-state index in [4.69, 9.17) is 28.4 Å². The van der Waals surface area contributed by atoms with Crippen LogP contribution in [-0.2, 0) is 28.5 Å². The predicted molar refractivity (Wildman–Crippen MR) is 163 cm³/mol. The number of unbranched alkanes of at least 4 members (excludes halogenated alkanes) is 12. The number of hydrogen-bond donors (Lipinski definition) is 0. The molecular weight excluding hydrogens is 542 g/mol. The molecule has 0 fully saturated rings. The van der Waals surface area contributed by atoms with Crippen LogP contribution in [0.1, 0.15) is 96.8 Å². The van der Waals surface area contributed by atoms with E-state index in [2.05, 4.69) is 6.92 Å². The van der Waals surface area contributed by atoms with Crippen LogP contribution >= 0.6 is 0 Å². The molecule has 0 bridgehead atoms. The summed E-state index contributed by atoms with van der Waals surface area (Å²) in [6.45, 7) is 6.33. The van der Waals surface area contributed by atoms with Gasteiger partial charge in [-0.1, -0.05) is 84.0 Å². The maximum atomic E-state index is 11.8. The fourth-order valence-electron chi connectivity index (χ4n) is 4.22. The third kappa shape index (κ3) is 24.3. The number of ether oxygens (including phenoxy) is 6. The summed E-state index contributed by atoms with van der Waals surface area (Å²) in [6, 6.07) is 5.92. The molecule has 0 aliphatic carbocycles. The Hall–Kier alpha value is -2.27. The third-order valence-electron chi connectivity index (χ3n) is 6.64. The molecule has 0 N–H and O–H groups in total. The molecule has 0 saturated carbocycles. The lowest BCUT2D eigenvalue weighted by Gasteiger charge is -2.09. The van der Waals surface area contributed by atoms with Crippen molar-refractivity contribution in [1.82, 2.24) is 0 Å². The van der Waals surface area contributed by atoms with Crippen LogP contribution in [0.25, 0.3) is 0 Å². The average molecular weight is 598 g/mol. The molecule has 10 heteroatoms. The Labute approximate surface area is 252 Å². The minimum absolute atomic E-state index is 0.0280. The van der Waals surface area contributed by atoms with Crippen molar-refractivity contribution in [3.05, 3.63) is 34.4 Å². The Morgan fingerprint density at radius 2 is 1.00 bits per heavy atom. The molecule has 0 aliphatic heterocycles. The fourth-order valence-corrected chi connectivity index (χ4v) is 4.22. The van der Waals surface area contributed by atoms with Gasteiger partial charge >= 0.3 is 5.97 Å². The number of esters is 1. The summed E-state index contributed by atoms with van der Waals surface area (Å²) >= 11 is 0. The summed E-state index contributed by atoms with van der Waals surface area (Å²) < 4.78 is 32.4. The molecule has 1 aromatic rings. The van der Waals surface area contributed by atoms with Gasteiger partial charge in [-0.25, -0.2) is 0 Å². The van der Waals surface area contributed by atoms with E-state index in [1.807, 2.05) is 0 Å². The van der Waals surface area contributed by atoms with Crippen LogP contribution in [0.2, 0.25) is 0 Å². The highest BCUT2D eigenvalue weighted by Crippen LogP contribution is 2.17. The zero-order valence-electron chi connectivity index (χ0n) is 25.9. The standard InChI is InChI=1S/C32H55NO9/c1-2-3-4-5-6-7-8-9-10-11-12-13-14-15-32(34)42-29-27-40-25-23-38-21-20-37-22-24-39-26-28-41-31-18-16-30(17-19-31)33(35)36/h16-19H,2-15,20-29H2,1H3. The number of nitro groups is 1. The lowest BCUT2D eigenvalue weighted by Crippen LogP contribution is -2.15. The molecule has 42 heavy (non-hydrogen) atoms. The second kappa shape index (κ2) is 28.8. The van der Waals surface area contributed by atoms with Crippen molar-refractivity contribution in [1.29, 1.82) is 0 Å². The first-order chi connectivity index (χ1) is 20.6. The van der Waals surface area contributed by atoms with Crippen LogP contribution in [0.3, 0.4) is 0 Å². The second-order valence-electron chi connectivity index (χ2n) is 10.3. The minimum atomic E-state index is -0.450. The lowest BCUT2D eigenvalue weighted by atomic mass is 10.0. The van der Waals surface area contributed by atoms with Crippen molar-refractivity contribution in [2.45, 2.75) is 96.8 Å². The summed E-state index contributed by atoms with van der Waals surface area (Å²) in [5.41, 5.74) is 0.0280. The largest absolute Gasteiger partial charge is 0.491 e. The van der Waals surface area contributed by atoms with Gasteiger partial charge in [-0.15, -0.1) is 0 Å². The number of non-ortho nitro benzene ring substituents is 1. The van der Waals surface area contributed by atoms with Crippen LogP contribution in [0, 0.1) is 10.1 Å². The van der Waals surface area contributed by atoms with Gasteiger partial charge in [0.15, 0.2) is 0 Å². The van der Waals surface area contributed by atoms with Gasteiger partial charge < -0.3 is 28.4 Å². The minimum Gasteiger partial charge on any atom is -0.491 e. The molecule has 0 aliphatic rings. The van der Waals surface area contributed by atoms with E-state index in [1.165, 1.54) is 82.8 Å². The highest BCUT2D eigenvalue weighted by molar-refractivity contribution is 5.69. The Kier molecular flexibility index (Phi) is 25.9. The average Bonchev–Trinajstić information content (AvgIpc) is 2.99. The number of carbonyl (C=O) groups excluding carboxylic acids is 1. The quantitative estimate of drug-likeness (QED) is 0.0384. The van der Waals surface area contributed by atoms with Crippen molar-refractivity contribution in [2.24, 2.45) is 0 Å². The van der Waals surface area contributed by atoms with Crippen molar-refractivity contribution in [2.75, 3.05) is 66.1 Å². The second-order valence-corrected chi connectivity index (χ2v) is 10.3. The molecule has 0 spiro atoms. The van der Waals surface area contributed by atoms with Gasteiger partial charge in [0.05, 0.1) is 57.8 Å². The third-order valence-corrected chi connectivity index (χ3v) is 6.64. The molecule has 242 valence electrons. The summed E-state index contributed by atoms with van der Waals surface area (Å²) in [7, 11) is 0. The Morgan fingerprint density at radius 1 is 0.595 bits per heavy atom. The maximum absolute atomic E-state index is 11.8. The predicted octanol–water partition coefficient (Wildman–Crippen LogP) is 7.06. The van der Waals surface area contributed by atoms with Crippen LogP contribution in [0.15, 0.2) is 24.3 Å². The Balaban J connectivity index is 1.72. The molecule has 0 aromatic heterocycles. The van der Waals surface area contributed by atoms with E-state index >= 15 is 0 Å². The molecule has 0 radical (unpaired) electrons. The molecule has 0 heterocycles. The molecule has 1 rings (SSSR count). The summed E-state index contributed by atoms with van der Waals surface area (Å²) in [5, 5.41) is 10.6. The first-order valence-electron chi connectivity index (χ1n) is 16.0. The zero-order valence-corrected chi connectivity index (χ0v) is 25.9. The van der Waals surface area contributed by atoms with E-state index < -0.39 is 4.92 Å². The molecule has 0 saturated heterocycles. The van der Waals surface area contributed by atoms with Crippen molar-refractivity contribution in [3.8, 4) is 5.75 Å². The summed E-state index contributed by atoms with van der Waals surface area (Å²) in [4.78, 5) is 22.0. The molecule has 0 amide bonds. The smallest absolute Gasteiger partial charge is 0.305 e. The molecule has 10 nitrogen and oxygen atoms in total. The normalized spacial score (nSPS) is 11.1. The highest BCUT2D eigenvalue weighted by atomic mass is 16.6. The van der Waals surface area contributed by atoms with Gasteiger partial charge in [0.2, 0.25) is 0 Å². The summed E-state index contributed by atoms with van der Waals surface area (Å²) in [5.74, 6) is 0.416. The van der Waals surface area contributed by atoms with Crippen LogP contribution in [0.5, 0.6) is 5.75 Å². The van der Waals surface area contributed by atoms with Crippen LogP contribution in [0.4, 0.5) is 5.69 Å². The number of nitro benzene ring substituents is 1. The van der Waals surface area contributed by atoms with Gasteiger partial charge in [-0.2, -0.15) is 0 Å². The van der Waals surface area contributed by atoms with E-state index in [0.717, 1.165) is 12.8 Å². The summed E-state index contributed by atoms with van der Waals surface area (Å²) in [6.07, 6.45) is 17.3. The number of hydrogen-bond acceptors (Lipinski definition) is 9. The van der Waals surface area contributed by atoms with Crippen molar-refractivity contribution < 1.29 is 38.1 Å².